The molecule has 4 atom stereocenters. The predicted molar refractivity (Wildman–Crippen MR) is 48.8 cm³/mol. The molecule has 5 N–H and O–H groups in total. The van der Waals surface area contributed by atoms with Gasteiger partial charge in [-0.1, -0.05) is 0 Å². The summed E-state index contributed by atoms with van der Waals surface area (Å²) in [4.78, 5) is 21.2. The molecule has 0 bridgehead atoms. The second kappa shape index (κ2) is 6.46. The van der Waals surface area contributed by atoms with Crippen molar-refractivity contribution in [2.45, 2.75) is 31.3 Å². The van der Waals surface area contributed by atoms with E-state index in [1.54, 1.807) is 0 Å². The first-order valence-electron chi connectivity index (χ1n) is 4.69. The van der Waals surface area contributed by atoms with Crippen LogP contribution in [0, 0.1) is 0 Å². The third-order valence-corrected chi connectivity index (χ3v) is 1.67. The van der Waals surface area contributed by atoms with Gasteiger partial charge in [-0.2, -0.15) is 0 Å². The Bertz CT molecular complexity index is 259. The summed E-state index contributed by atoms with van der Waals surface area (Å²) in [5, 5.41) is 38.3. The molecule has 0 unspecified atom stereocenters. The van der Waals surface area contributed by atoms with E-state index in [-0.39, 0.29) is 6.29 Å². The number of carbonyl (C=O) groups is 2. The van der Waals surface area contributed by atoms with Crippen molar-refractivity contribution in [3.63, 3.8) is 0 Å². The van der Waals surface area contributed by atoms with Crippen LogP contribution in [0.5, 0.6) is 0 Å². The zero-order valence-electron chi connectivity index (χ0n) is 9.12. The Labute approximate surface area is 87.7 Å². The molecule has 0 aliphatic heterocycles. The molecule has 0 saturated heterocycles. The quantitative estimate of drug-likeness (QED) is 0.301. The van der Waals surface area contributed by atoms with Crippen molar-refractivity contribution in [3.05, 3.63) is 0 Å². The molecule has 7 heteroatoms. The number of hydrogen-bond acceptors (Lipinski definition) is 6. The van der Waals surface area contributed by atoms with Gasteiger partial charge in [0.05, 0.1) is 7.98 Å². The van der Waals surface area contributed by atoms with Crippen molar-refractivity contribution in [2.24, 2.45) is 0 Å². The van der Waals surface area contributed by atoms with Gasteiger partial charge < -0.3 is 30.5 Å². The molecule has 88 valence electrons. The van der Waals surface area contributed by atoms with Gasteiger partial charge in [0.1, 0.15) is 30.6 Å². The van der Waals surface area contributed by atoms with Crippen LogP contribution < -0.4 is 5.32 Å². The average Bonchev–Trinajstić information content (AvgIpc) is 2.22. The Morgan fingerprint density at radius 2 is 2.07 bits per heavy atom. The van der Waals surface area contributed by atoms with Crippen molar-refractivity contribution in [2.75, 3.05) is 6.61 Å². The molecule has 7 nitrogen and oxygen atoms in total. The van der Waals surface area contributed by atoms with Crippen molar-refractivity contribution >= 4 is 12.2 Å². The Hall–Kier alpha value is -1.02. The molecule has 0 aromatic carbocycles. The lowest BCUT2D eigenvalue weighted by Gasteiger charge is -2.25. The summed E-state index contributed by atoms with van der Waals surface area (Å²) in [5.74, 6) is -0.687. The number of aldehydes is 1. The van der Waals surface area contributed by atoms with Crippen LogP contribution in [0.3, 0.4) is 0 Å². The molecule has 0 rings (SSSR count). The standard InChI is InChI=1S/C8H15NO6/c1-4(12)9-5(2-10)7(14)8(15)6(13)3-11/h2,5-8,11,13-15H,3H2,1H3,(H,9,12)/t5-,6+,7+,8+/m0/s1/i7D. The van der Waals surface area contributed by atoms with Gasteiger partial charge in [-0.05, 0) is 0 Å². The molecule has 15 heavy (non-hydrogen) atoms. The number of hydrogen-bond donors (Lipinski definition) is 5. The number of aliphatic hydroxyl groups is 4. The summed E-state index contributed by atoms with van der Waals surface area (Å²) in [6.07, 6.45) is -6.66. The van der Waals surface area contributed by atoms with Crippen molar-refractivity contribution in [1.29, 1.82) is 0 Å². The monoisotopic (exact) mass is 222 g/mol. The van der Waals surface area contributed by atoms with E-state index in [0.717, 1.165) is 6.92 Å². The first kappa shape index (κ1) is 12.1. The first-order valence-corrected chi connectivity index (χ1v) is 4.19. The van der Waals surface area contributed by atoms with Crippen molar-refractivity contribution in [1.82, 2.24) is 5.32 Å². The van der Waals surface area contributed by atoms with Gasteiger partial charge in [0, 0.05) is 6.92 Å². The van der Waals surface area contributed by atoms with E-state index in [1.165, 1.54) is 0 Å². The minimum absolute atomic E-state index is 0.0573. The van der Waals surface area contributed by atoms with Crippen LogP contribution in [0.2, 0.25) is 0 Å². The maximum atomic E-state index is 10.7. The Kier molecular flexibility index (Phi) is 5.19. The second-order valence-corrected chi connectivity index (χ2v) is 2.93. The highest BCUT2D eigenvalue weighted by Crippen LogP contribution is 2.03. The Morgan fingerprint density at radius 3 is 2.40 bits per heavy atom. The van der Waals surface area contributed by atoms with Gasteiger partial charge in [0.25, 0.3) is 0 Å². The first-order chi connectivity index (χ1) is 7.27. The summed E-state index contributed by atoms with van der Waals surface area (Å²) in [7, 11) is 0. The van der Waals surface area contributed by atoms with Crippen LogP contribution in [0.4, 0.5) is 0 Å². The van der Waals surface area contributed by atoms with E-state index < -0.39 is 36.8 Å². The predicted octanol–water partition coefficient (Wildman–Crippen LogP) is -3.23. The van der Waals surface area contributed by atoms with Crippen LogP contribution in [-0.2, 0) is 9.59 Å². The van der Waals surface area contributed by atoms with E-state index in [4.69, 9.17) is 11.6 Å². The van der Waals surface area contributed by atoms with Gasteiger partial charge in [0.2, 0.25) is 5.91 Å². The van der Waals surface area contributed by atoms with Gasteiger partial charge in [-0.25, -0.2) is 0 Å². The summed E-state index contributed by atoms with van der Waals surface area (Å²) in [5.41, 5.74) is 0. The number of carbonyl (C=O) groups excluding carboxylic acids is 2. The molecular formula is C8H15NO6. The van der Waals surface area contributed by atoms with E-state index >= 15 is 0 Å². The van der Waals surface area contributed by atoms with Crippen LogP contribution >= 0.6 is 0 Å². The van der Waals surface area contributed by atoms with E-state index in [0.29, 0.717) is 0 Å². The second-order valence-electron chi connectivity index (χ2n) is 2.93. The molecule has 0 spiro atoms. The lowest BCUT2D eigenvalue weighted by Crippen LogP contribution is -2.53. The fourth-order valence-electron chi connectivity index (χ4n) is 0.878. The largest absolute Gasteiger partial charge is 0.394 e. The highest BCUT2D eigenvalue weighted by atomic mass is 16.4. The topological polar surface area (TPSA) is 127 Å². The van der Waals surface area contributed by atoms with Gasteiger partial charge in [0.15, 0.2) is 0 Å². The molecule has 0 heterocycles. The Morgan fingerprint density at radius 1 is 1.53 bits per heavy atom. The number of rotatable bonds is 6. The van der Waals surface area contributed by atoms with Crippen LogP contribution in [-0.4, -0.2) is 63.6 Å². The number of amides is 1. The molecule has 0 aromatic heterocycles. The van der Waals surface area contributed by atoms with E-state index in [2.05, 4.69) is 0 Å². The molecule has 0 saturated carbocycles. The minimum Gasteiger partial charge on any atom is -0.394 e. The number of aliphatic hydroxyl groups excluding tert-OH is 3. The lowest BCUT2D eigenvalue weighted by atomic mass is 10.0. The molecule has 1 amide bonds. The molecule has 0 aliphatic carbocycles. The smallest absolute Gasteiger partial charge is 0.217 e. The van der Waals surface area contributed by atoms with E-state index in [1.807, 2.05) is 5.32 Å². The van der Waals surface area contributed by atoms with Crippen molar-refractivity contribution < 1.29 is 31.4 Å². The maximum absolute atomic E-state index is 10.7. The number of nitrogens with one attached hydrogen (secondary N) is 1. The molecule has 0 aromatic rings. The fourth-order valence-corrected chi connectivity index (χ4v) is 0.878. The molecule has 0 aliphatic rings. The summed E-state index contributed by atoms with van der Waals surface area (Å²) in [6, 6.07) is -1.71. The molecule has 0 fully saturated rings. The normalized spacial score (nSPS) is 21.8. The minimum atomic E-state index is -2.82. The molecular weight excluding hydrogens is 206 g/mol. The third-order valence-electron chi connectivity index (χ3n) is 1.67. The summed E-state index contributed by atoms with van der Waals surface area (Å²) in [6.45, 7) is 0.162. The van der Waals surface area contributed by atoms with Gasteiger partial charge in [-0.15, -0.1) is 0 Å². The lowest BCUT2D eigenvalue weighted by molar-refractivity contribution is -0.129. The Balaban J connectivity index is 4.83. The summed E-state index contributed by atoms with van der Waals surface area (Å²) < 4.78 is 7.30. The van der Waals surface area contributed by atoms with Crippen LogP contribution in [0.25, 0.3) is 0 Å². The SMILES string of the molecule is [2H][C@@](O)([C@H](C=O)NC(C)=O)[C@H](O)[C@H](O)CO. The van der Waals surface area contributed by atoms with Gasteiger partial charge in [-0.3, -0.25) is 4.79 Å². The highest BCUT2D eigenvalue weighted by molar-refractivity contribution is 5.77. The average molecular weight is 222 g/mol. The van der Waals surface area contributed by atoms with Crippen LogP contribution in [0.15, 0.2) is 0 Å². The zero-order chi connectivity index (χ0) is 12.9. The van der Waals surface area contributed by atoms with Gasteiger partial charge >= 0.3 is 0 Å². The molecule has 0 radical (unpaired) electrons. The van der Waals surface area contributed by atoms with Crippen molar-refractivity contribution in [3.8, 4) is 0 Å². The third kappa shape index (κ3) is 4.34. The maximum Gasteiger partial charge on any atom is 0.217 e. The highest BCUT2D eigenvalue weighted by Gasteiger charge is 2.31. The summed E-state index contributed by atoms with van der Waals surface area (Å²) >= 11 is 0. The zero-order valence-corrected chi connectivity index (χ0v) is 8.12. The fraction of sp³-hybridized carbons (Fsp3) is 0.750. The van der Waals surface area contributed by atoms with Crippen LogP contribution in [0.1, 0.15) is 8.29 Å². The van der Waals surface area contributed by atoms with E-state index in [9.17, 15) is 19.8 Å².